The summed E-state index contributed by atoms with van der Waals surface area (Å²) >= 11 is 0. The molecule has 0 saturated heterocycles. The molecule has 0 aliphatic rings. The van der Waals surface area contributed by atoms with Gasteiger partial charge in [-0.05, 0) is 11.6 Å². The van der Waals surface area contributed by atoms with E-state index in [2.05, 4.69) is 6.58 Å². The summed E-state index contributed by atoms with van der Waals surface area (Å²) in [5.41, 5.74) is 1.59. The molecule has 0 spiro atoms. The van der Waals surface area contributed by atoms with Crippen LogP contribution in [0, 0.1) is 0 Å². The average Bonchev–Trinajstić information content (AvgIpc) is 2.44. The average molecular weight is 256 g/mol. The molecule has 0 fully saturated rings. The van der Waals surface area contributed by atoms with Crippen molar-refractivity contribution in [1.82, 2.24) is 0 Å². The summed E-state index contributed by atoms with van der Waals surface area (Å²) in [6.45, 7) is 3.80. The van der Waals surface area contributed by atoms with E-state index >= 15 is 0 Å². The second kappa shape index (κ2) is 5.48. The van der Waals surface area contributed by atoms with Crippen molar-refractivity contribution < 1.29 is 14.9 Å². The molecule has 98 valence electrons. The molecule has 0 unspecified atom stereocenters. The molecule has 0 radical (unpaired) electrons. The first kappa shape index (κ1) is 13.0. The van der Waals surface area contributed by atoms with Gasteiger partial charge in [-0.2, -0.15) is 0 Å². The molecule has 2 N–H and O–H groups in total. The molecule has 0 bridgehead atoms. The van der Waals surface area contributed by atoms with Gasteiger partial charge in [0.25, 0.3) is 0 Å². The fraction of sp³-hybridized carbons (Fsp3) is 0.125. The first-order valence-corrected chi connectivity index (χ1v) is 5.94. The predicted octanol–water partition coefficient (Wildman–Crippen LogP) is 3.42. The quantitative estimate of drug-likeness (QED) is 0.651. The standard InChI is InChI=1S/C16H16O3/c1-3-12(11-7-5-4-6-8-11)13-9-15(18)16(19-2)10-14(13)17/h3-10,12,17-18H,1H2,2H3/t12-/m0/s1. The molecule has 2 aromatic rings. The number of hydrogen-bond donors (Lipinski definition) is 2. The molecule has 2 aromatic carbocycles. The zero-order chi connectivity index (χ0) is 13.8. The third-order valence-electron chi connectivity index (χ3n) is 3.06. The van der Waals surface area contributed by atoms with E-state index in [0.717, 1.165) is 5.56 Å². The molecule has 3 nitrogen and oxygen atoms in total. The zero-order valence-corrected chi connectivity index (χ0v) is 10.7. The van der Waals surface area contributed by atoms with Crippen LogP contribution >= 0.6 is 0 Å². The summed E-state index contributed by atoms with van der Waals surface area (Å²) in [6.07, 6.45) is 1.73. The Balaban J connectivity index is 2.50. The molecule has 0 saturated carbocycles. The lowest BCUT2D eigenvalue weighted by Gasteiger charge is -2.16. The SMILES string of the molecule is C=C[C@@H](c1ccccc1)c1cc(O)c(OC)cc1O. The molecule has 0 aliphatic carbocycles. The second-order valence-electron chi connectivity index (χ2n) is 4.21. The van der Waals surface area contributed by atoms with Crippen LogP contribution in [0.3, 0.4) is 0 Å². The number of phenols is 2. The van der Waals surface area contributed by atoms with Gasteiger partial charge in [0.15, 0.2) is 11.5 Å². The van der Waals surface area contributed by atoms with Gasteiger partial charge in [0.05, 0.1) is 7.11 Å². The maximum Gasteiger partial charge on any atom is 0.164 e. The molecular formula is C16H16O3. The Labute approximate surface area is 112 Å². The number of hydrogen-bond acceptors (Lipinski definition) is 3. The Morgan fingerprint density at radius 1 is 1.11 bits per heavy atom. The summed E-state index contributed by atoms with van der Waals surface area (Å²) in [4.78, 5) is 0. The molecule has 3 heteroatoms. The third-order valence-corrected chi connectivity index (χ3v) is 3.06. The Morgan fingerprint density at radius 3 is 2.37 bits per heavy atom. The maximum atomic E-state index is 10.1. The van der Waals surface area contributed by atoms with Crippen LogP contribution in [-0.2, 0) is 0 Å². The molecule has 1 atom stereocenters. The highest BCUT2D eigenvalue weighted by Crippen LogP contribution is 2.39. The van der Waals surface area contributed by atoms with Gasteiger partial charge in [0, 0.05) is 17.5 Å². The first-order valence-electron chi connectivity index (χ1n) is 5.94. The van der Waals surface area contributed by atoms with Crippen molar-refractivity contribution in [2.24, 2.45) is 0 Å². The molecule has 0 amide bonds. The lowest BCUT2D eigenvalue weighted by molar-refractivity contribution is 0.367. The topological polar surface area (TPSA) is 49.7 Å². The minimum atomic E-state index is -0.182. The van der Waals surface area contributed by atoms with Crippen LogP contribution in [0.2, 0.25) is 0 Å². The van der Waals surface area contributed by atoms with Crippen LogP contribution in [0.1, 0.15) is 17.0 Å². The highest BCUT2D eigenvalue weighted by Gasteiger charge is 2.17. The Bertz CT molecular complexity index is 576. The van der Waals surface area contributed by atoms with E-state index in [9.17, 15) is 10.2 Å². The summed E-state index contributed by atoms with van der Waals surface area (Å²) in [5.74, 6) is 0.136. The number of phenolic OH excluding ortho intramolecular Hbond substituents is 2. The monoisotopic (exact) mass is 256 g/mol. The fourth-order valence-corrected chi connectivity index (χ4v) is 2.09. The Morgan fingerprint density at radius 2 is 1.79 bits per heavy atom. The van der Waals surface area contributed by atoms with Crippen LogP contribution in [0.5, 0.6) is 17.2 Å². The number of aromatic hydroxyl groups is 2. The highest BCUT2D eigenvalue weighted by molar-refractivity contribution is 5.53. The van der Waals surface area contributed by atoms with Gasteiger partial charge in [-0.25, -0.2) is 0 Å². The van der Waals surface area contributed by atoms with Gasteiger partial charge in [-0.3, -0.25) is 0 Å². The van der Waals surface area contributed by atoms with E-state index in [1.165, 1.54) is 19.2 Å². The Kier molecular flexibility index (Phi) is 3.76. The molecule has 0 aliphatic heterocycles. The van der Waals surface area contributed by atoms with Crippen molar-refractivity contribution in [1.29, 1.82) is 0 Å². The first-order chi connectivity index (χ1) is 9.17. The van der Waals surface area contributed by atoms with Crippen LogP contribution < -0.4 is 4.74 Å². The van der Waals surface area contributed by atoms with Crippen molar-refractivity contribution >= 4 is 0 Å². The van der Waals surface area contributed by atoms with E-state index < -0.39 is 0 Å². The largest absolute Gasteiger partial charge is 0.507 e. The number of methoxy groups -OCH3 is 1. The lowest BCUT2D eigenvalue weighted by atomic mass is 9.90. The molecule has 0 heterocycles. The van der Waals surface area contributed by atoms with Gasteiger partial charge in [-0.1, -0.05) is 36.4 Å². The lowest BCUT2D eigenvalue weighted by Crippen LogP contribution is -1.98. The van der Waals surface area contributed by atoms with Crippen LogP contribution in [-0.4, -0.2) is 17.3 Å². The van der Waals surface area contributed by atoms with E-state index in [1.807, 2.05) is 30.3 Å². The van der Waals surface area contributed by atoms with Crippen molar-refractivity contribution in [3.8, 4) is 17.2 Å². The second-order valence-corrected chi connectivity index (χ2v) is 4.21. The van der Waals surface area contributed by atoms with Crippen molar-refractivity contribution in [3.63, 3.8) is 0 Å². The fourth-order valence-electron chi connectivity index (χ4n) is 2.09. The number of benzene rings is 2. The number of allylic oxidation sites excluding steroid dienone is 1. The molecule has 0 aromatic heterocycles. The van der Waals surface area contributed by atoms with E-state index in [4.69, 9.17) is 4.74 Å². The van der Waals surface area contributed by atoms with E-state index in [0.29, 0.717) is 5.56 Å². The number of rotatable bonds is 4. The van der Waals surface area contributed by atoms with E-state index in [-0.39, 0.29) is 23.2 Å². The molecule has 19 heavy (non-hydrogen) atoms. The van der Waals surface area contributed by atoms with Crippen LogP contribution in [0.15, 0.2) is 55.1 Å². The highest BCUT2D eigenvalue weighted by atomic mass is 16.5. The minimum absolute atomic E-state index is 0.00178. The predicted molar refractivity (Wildman–Crippen MR) is 74.8 cm³/mol. The third kappa shape index (κ3) is 2.55. The zero-order valence-electron chi connectivity index (χ0n) is 10.7. The minimum Gasteiger partial charge on any atom is -0.507 e. The van der Waals surface area contributed by atoms with Crippen LogP contribution in [0.4, 0.5) is 0 Å². The maximum absolute atomic E-state index is 10.1. The normalized spacial score (nSPS) is 11.8. The van der Waals surface area contributed by atoms with Crippen LogP contribution in [0.25, 0.3) is 0 Å². The molecular weight excluding hydrogens is 240 g/mol. The summed E-state index contributed by atoms with van der Waals surface area (Å²) in [6, 6.07) is 12.6. The van der Waals surface area contributed by atoms with Crippen molar-refractivity contribution in [3.05, 3.63) is 66.2 Å². The van der Waals surface area contributed by atoms with Gasteiger partial charge >= 0.3 is 0 Å². The van der Waals surface area contributed by atoms with Crippen molar-refractivity contribution in [2.75, 3.05) is 7.11 Å². The summed E-state index contributed by atoms with van der Waals surface area (Å²) in [5, 5.41) is 19.9. The van der Waals surface area contributed by atoms with Gasteiger partial charge < -0.3 is 14.9 Å². The van der Waals surface area contributed by atoms with Crippen molar-refractivity contribution in [2.45, 2.75) is 5.92 Å². The summed E-state index contributed by atoms with van der Waals surface area (Å²) in [7, 11) is 1.44. The summed E-state index contributed by atoms with van der Waals surface area (Å²) < 4.78 is 4.96. The number of ether oxygens (including phenoxy) is 1. The van der Waals surface area contributed by atoms with Gasteiger partial charge in [-0.15, -0.1) is 6.58 Å². The van der Waals surface area contributed by atoms with Gasteiger partial charge in [0.1, 0.15) is 5.75 Å². The van der Waals surface area contributed by atoms with E-state index in [1.54, 1.807) is 6.08 Å². The molecule has 2 rings (SSSR count). The Hall–Kier alpha value is -2.42. The van der Waals surface area contributed by atoms with Gasteiger partial charge in [0.2, 0.25) is 0 Å². The smallest absolute Gasteiger partial charge is 0.164 e.